The molecule has 0 spiro atoms. The van der Waals surface area contributed by atoms with Crippen LogP contribution in [0.25, 0.3) is 0 Å². The maximum atomic E-state index is 12.8. The van der Waals surface area contributed by atoms with Crippen LogP contribution >= 0.6 is 11.8 Å². The zero-order valence-electron chi connectivity index (χ0n) is 11.7. The summed E-state index contributed by atoms with van der Waals surface area (Å²) in [6, 6.07) is 12.3. The highest BCUT2D eigenvalue weighted by Crippen LogP contribution is 2.19. The number of hydrogen-bond donors (Lipinski definition) is 0. The third-order valence-electron chi connectivity index (χ3n) is 3.19. The van der Waals surface area contributed by atoms with Crippen LogP contribution < -0.4 is 0 Å². The van der Waals surface area contributed by atoms with Crippen molar-refractivity contribution in [3.8, 4) is 0 Å². The van der Waals surface area contributed by atoms with Crippen LogP contribution in [0.15, 0.2) is 47.4 Å². The fourth-order valence-corrected chi connectivity index (χ4v) is 2.65. The molecule has 0 aliphatic heterocycles. The number of carbonyl (C=O) groups excluding carboxylic acids is 1. The highest BCUT2D eigenvalue weighted by Gasteiger charge is 2.06. The molecule has 2 aromatic carbocycles. The summed E-state index contributed by atoms with van der Waals surface area (Å²) >= 11 is 1.45. The number of rotatable bonds is 5. The van der Waals surface area contributed by atoms with E-state index in [9.17, 15) is 9.18 Å². The van der Waals surface area contributed by atoms with Crippen molar-refractivity contribution >= 4 is 17.5 Å². The van der Waals surface area contributed by atoms with Crippen LogP contribution in [0.2, 0.25) is 0 Å². The molecule has 0 aliphatic carbocycles. The van der Waals surface area contributed by atoms with Crippen LogP contribution in [0, 0.1) is 19.7 Å². The fraction of sp³-hybridized carbons (Fsp3) is 0.235. The molecule has 0 aliphatic rings. The maximum absolute atomic E-state index is 12.8. The molecular weight excluding hydrogens is 271 g/mol. The summed E-state index contributed by atoms with van der Waals surface area (Å²) in [7, 11) is 0. The minimum atomic E-state index is -0.254. The predicted molar refractivity (Wildman–Crippen MR) is 81.8 cm³/mol. The molecule has 2 rings (SSSR count). The topological polar surface area (TPSA) is 17.1 Å². The first kappa shape index (κ1) is 14.8. The molecule has 3 heteroatoms. The Balaban J connectivity index is 1.89. The van der Waals surface area contributed by atoms with Crippen molar-refractivity contribution in [1.29, 1.82) is 0 Å². The van der Waals surface area contributed by atoms with E-state index in [1.165, 1.54) is 35.0 Å². The normalized spacial score (nSPS) is 10.6. The van der Waals surface area contributed by atoms with Crippen LogP contribution in [-0.2, 0) is 11.2 Å². The molecule has 0 atom stereocenters. The van der Waals surface area contributed by atoms with Crippen LogP contribution in [0.4, 0.5) is 4.39 Å². The monoisotopic (exact) mass is 288 g/mol. The summed E-state index contributed by atoms with van der Waals surface area (Å²) in [5.74, 6) is 0.344. The van der Waals surface area contributed by atoms with Crippen molar-refractivity contribution in [1.82, 2.24) is 0 Å². The minimum Gasteiger partial charge on any atom is -0.298 e. The zero-order chi connectivity index (χ0) is 14.5. The Bertz CT molecular complexity index is 605. The van der Waals surface area contributed by atoms with Gasteiger partial charge in [0.2, 0.25) is 0 Å². The number of aryl methyl sites for hydroxylation is 2. The van der Waals surface area contributed by atoms with E-state index < -0.39 is 0 Å². The quantitative estimate of drug-likeness (QED) is 0.761. The van der Waals surface area contributed by atoms with Gasteiger partial charge in [-0.1, -0.05) is 18.2 Å². The zero-order valence-corrected chi connectivity index (χ0v) is 12.5. The number of halogens is 1. The third-order valence-corrected chi connectivity index (χ3v) is 4.26. The van der Waals surface area contributed by atoms with Gasteiger partial charge in [-0.25, -0.2) is 4.39 Å². The average molecular weight is 288 g/mol. The molecule has 0 bridgehead atoms. The second kappa shape index (κ2) is 6.71. The summed E-state index contributed by atoms with van der Waals surface area (Å²) in [6.45, 7) is 4.11. The van der Waals surface area contributed by atoms with E-state index >= 15 is 0 Å². The summed E-state index contributed by atoms with van der Waals surface area (Å²) in [5.41, 5.74) is 3.50. The first-order chi connectivity index (χ1) is 9.54. The second-order valence-electron chi connectivity index (χ2n) is 4.88. The molecule has 0 radical (unpaired) electrons. The molecule has 0 heterocycles. The molecule has 1 nitrogen and oxygen atoms in total. The number of thioether (sulfide) groups is 1. The van der Waals surface area contributed by atoms with Crippen molar-refractivity contribution in [2.45, 2.75) is 25.2 Å². The Hall–Kier alpha value is -1.61. The van der Waals surface area contributed by atoms with Crippen LogP contribution in [0.3, 0.4) is 0 Å². The van der Waals surface area contributed by atoms with Gasteiger partial charge in [-0.05, 0) is 54.8 Å². The molecule has 0 saturated heterocycles. The van der Waals surface area contributed by atoms with Crippen LogP contribution in [0.1, 0.15) is 16.7 Å². The van der Waals surface area contributed by atoms with Gasteiger partial charge >= 0.3 is 0 Å². The summed E-state index contributed by atoms with van der Waals surface area (Å²) in [6.07, 6.45) is 0.454. The van der Waals surface area contributed by atoms with Crippen molar-refractivity contribution in [2.24, 2.45) is 0 Å². The minimum absolute atomic E-state index is 0.183. The number of ketones is 1. The first-order valence-electron chi connectivity index (χ1n) is 6.51. The predicted octanol–water partition coefficient (Wildman–Crippen LogP) is 4.35. The molecule has 0 N–H and O–H groups in total. The first-order valence-corrected chi connectivity index (χ1v) is 7.49. The molecule has 104 valence electrons. The molecule has 0 saturated carbocycles. The third kappa shape index (κ3) is 4.20. The summed E-state index contributed by atoms with van der Waals surface area (Å²) in [5, 5.41) is 0. The molecule has 0 amide bonds. The highest BCUT2D eigenvalue weighted by atomic mass is 32.2. The van der Waals surface area contributed by atoms with E-state index in [2.05, 4.69) is 19.9 Å². The van der Waals surface area contributed by atoms with Crippen LogP contribution in [-0.4, -0.2) is 11.5 Å². The standard InChI is InChI=1S/C17H17FOS/c1-12-3-4-14(9-13(12)2)10-16(19)11-20-17-7-5-15(18)6-8-17/h3-9H,10-11H2,1-2H3. The summed E-state index contributed by atoms with van der Waals surface area (Å²) < 4.78 is 12.8. The molecule has 0 unspecified atom stereocenters. The van der Waals surface area contributed by atoms with E-state index in [4.69, 9.17) is 0 Å². The van der Waals surface area contributed by atoms with Crippen LogP contribution in [0.5, 0.6) is 0 Å². The highest BCUT2D eigenvalue weighted by molar-refractivity contribution is 8.00. The van der Waals surface area contributed by atoms with Crippen molar-refractivity contribution in [3.05, 3.63) is 65.0 Å². The van der Waals surface area contributed by atoms with E-state index in [0.717, 1.165) is 10.5 Å². The van der Waals surface area contributed by atoms with Gasteiger partial charge in [0.1, 0.15) is 11.6 Å². The largest absolute Gasteiger partial charge is 0.298 e. The average Bonchev–Trinajstić information content (AvgIpc) is 2.42. The number of benzene rings is 2. The Labute approximate surface area is 123 Å². The lowest BCUT2D eigenvalue weighted by atomic mass is 10.0. The van der Waals surface area contributed by atoms with Gasteiger partial charge in [0.15, 0.2) is 0 Å². The van der Waals surface area contributed by atoms with Gasteiger partial charge in [-0.15, -0.1) is 11.8 Å². The number of carbonyl (C=O) groups is 1. The van der Waals surface area contributed by atoms with E-state index in [1.807, 2.05) is 12.1 Å². The lowest BCUT2D eigenvalue weighted by Crippen LogP contribution is -2.06. The number of hydrogen-bond acceptors (Lipinski definition) is 2. The lowest BCUT2D eigenvalue weighted by Gasteiger charge is -2.05. The van der Waals surface area contributed by atoms with Gasteiger partial charge in [-0.2, -0.15) is 0 Å². The van der Waals surface area contributed by atoms with Crippen molar-refractivity contribution in [2.75, 3.05) is 5.75 Å². The smallest absolute Gasteiger partial charge is 0.147 e. The molecular formula is C17H17FOS. The molecule has 2 aromatic rings. The summed E-state index contributed by atoms with van der Waals surface area (Å²) in [4.78, 5) is 12.9. The van der Waals surface area contributed by atoms with Crippen molar-refractivity contribution < 1.29 is 9.18 Å². The SMILES string of the molecule is Cc1ccc(CC(=O)CSc2ccc(F)cc2)cc1C. The Morgan fingerprint density at radius 1 is 1.05 bits per heavy atom. The molecule has 0 fully saturated rings. The van der Waals surface area contributed by atoms with E-state index in [-0.39, 0.29) is 11.6 Å². The van der Waals surface area contributed by atoms with Crippen molar-refractivity contribution in [3.63, 3.8) is 0 Å². The van der Waals surface area contributed by atoms with Gasteiger partial charge < -0.3 is 0 Å². The Morgan fingerprint density at radius 2 is 1.75 bits per heavy atom. The molecule has 20 heavy (non-hydrogen) atoms. The van der Waals surface area contributed by atoms with E-state index in [0.29, 0.717) is 12.2 Å². The van der Waals surface area contributed by atoms with Gasteiger partial charge in [-0.3, -0.25) is 4.79 Å². The van der Waals surface area contributed by atoms with Gasteiger partial charge in [0.25, 0.3) is 0 Å². The van der Waals surface area contributed by atoms with E-state index in [1.54, 1.807) is 12.1 Å². The number of Topliss-reactive ketones (excluding diaryl/α,β-unsaturated/α-hetero) is 1. The Morgan fingerprint density at radius 3 is 2.40 bits per heavy atom. The van der Waals surface area contributed by atoms with Gasteiger partial charge in [0.05, 0.1) is 5.75 Å². The fourth-order valence-electron chi connectivity index (χ4n) is 1.89. The Kier molecular flexibility index (Phi) is 4.96. The van der Waals surface area contributed by atoms with Gasteiger partial charge in [0, 0.05) is 11.3 Å². The maximum Gasteiger partial charge on any atom is 0.147 e. The molecule has 0 aromatic heterocycles. The lowest BCUT2D eigenvalue weighted by molar-refractivity contribution is -0.116. The second-order valence-corrected chi connectivity index (χ2v) is 5.93.